The molecule has 0 bridgehead atoms. The number of hydrogen-bond donors (Lipinski definition) is 3. The molecule has 1 saturated carbocycles. The van der Waals surface area contributed by atoms with Crippen molar-refractivity contribution in [2.45, 2.75) is 29.9 Å². The molecular weight excluding hydrogens is 400 g/mol. The zero-order chi connectivity index (χ0) is 20.0. The number of hydrazine groups is 1. The maximum Gasteiger partial charge on any atom is 0.271 e. The summed E-state index contributed by atoms with van der Waals surface area (Å²) in [5.74, 6) is -0.643. The van der Waals surface area contributed by atoms with E-state index in [9.17, 15) is 18.0 Å². The summed E-state index contributed by atoms with van der Waals surface area (Å²) < 4.78 is 27.3. The zero-order valence-corrected chi connectivity index (χ0v) is 16.8. The Morgan fingerprint density at radius 2 is 1.89 bits per heavy atom. The molecule has 3 N–H and O–H groups in total. The van der Waals surface area contributed by atoms with Gasteiger partial charge in [-0.15, -0.1) is 11.3 Å². The van der Waals surface area contributed by atoms with Crippen molar-refractivity contribution in [2.24, 2.45) is 11.8 Å². The van der Waals surface area contributed by atoms with Crippen molar-refractivity contribution in [1.82, 2.24) is 20.6 Å². The van der Waals surface area contributed by atoms with E-state index in [1.165, 1.54) is 17.5 Å². The van der Waals surface area contributed by atoms with Crippen molar-refractivity contribution in [3.8, 4) is 0 Å². The number of carbonyl (C=O) groups is 2. The predicted octanol–water partition coefficient (Wildman–Crippen LogP) is 1.69. The second kappa shape index (κ2) is 9.26. The van der Waals surface area contributed by atoms with Crippen LogP contribution in [-0.4, -0.2) is 31.8 Å². The first kappa shape index (κ1) is 20.4. The topological polar surface area (TPSA) is 117 Å². The lowest BCUT2D eigenvalue weighted by molar-refractivity contribution is -0.127. The van der Waals surface area contributed by atoms with Crippen LogP contribution in [0.2, 0.25) is 0 Å². The molecular formula is C18H22N4O4S2. The standard InChI is InChI=1S/C18H22N4O4S2/c23-17(21-22-18(24)15-3-1-9-19-12-15)14-7-5-13(6-8-14)11-20-28(25,26)16-4-2-10-27-16/h1-4,9-10,12-14,20H,5-8,11H2,(H,21,23)(H,22,24). The number of amides is 2. The fourth-order valence-corrected chi connectivity index (χ4v) is 5.29. The summed E-state index contributed by atoms with van der Waals surface area (Å²) in [5, 5.41) is 1.73. The third-order valence-corrected chi connectivity index (χ3v) is 7.58. The summed E-state index contributed by atoms with van der Waals surface area (Å²) in [6.07, 6.45) is 5.79. The van der Waals surface area contributed by atoms with Crippen LogP contribution < -0.4 is 15.6 Å². The second-order valence-electron chi connectivity index (χ2n) is 6.69. The Labute approximate surface area is 167 Å². The molecule has 0 saturated heterocycles. The van der Waals surface area contributed by atoms with Gasteiger partial charge in [-0.2, -0.15) is 0 Å². The predicted molar refractivity (Wildman–Crippen MR) is 105 cm³/mol. The molecule has 8 nitrogen and oxygen atoms in total. The van der Waals surface area contributed by atoms with Gasteiger partial charge in [0.05, 0.1) is 5.56 Å². The van der Waals surface area contributed by atoms with Gasteiger partial charge in [0.1, 0.15) is 4.21 Å². The highest BCUT2D eigenvalue weighted by atomic mass is 32.2. The SMILES string of the molecule is O=C(NNC(=O)C1CCC(CNS(=O)(=O)c2cccs2)CC1)c1cccnc1. The molecule has 2 aromatic heterocycles. The number of sulfonamides is 1. The van der Waals surface area contributed by atoms with Crippen LogP contribution in [0, 0.1) is 11.8 Å². The van der Waals surface area contributed by atoms with Gasteiger partial charge < -0.3 is 0 Å². The maximum absolute atomic E-state index is 12.3. The monoisotopic (exact) mass is 422 g/mol. The Morgan fingerprint density at radius 3 is 2.54 bits per heavy atom. The molecule has 0 aliphatic heterocycles. The second-order valence-corrected chi connectivity index (χ2v) is 9.63. The van der Waals surface area contributed by atoms with Gasteiger partial charge in [0, 0.05) is 24.9 Å². The Balaban J connectivity index is 1.40. The Bertz CT molecular complexity index is 893. The van der Waals surface area contributed by atoms with Gasteiger partial charge in [0.2, 0.25) is 15.9 Å². The van der Waals surface area contributed by atoms with E-state index in [1.807, 2.05) is 0 Å². The molecule has 0 atom stereocenters. The summed E-state index contributed by atoms with van der Waals surface area (Å²) in [7, 11) is -3.45. The summed E-state index contributed by atoms with van der Waals surface area (Å²) >= 11 is 1.19. The molecule has 1 fully saturated rings. The van der Waals surface area contributed by atoms with Gasteiger partial charge >= 0.3 is 0 Å². The number of thiophene rings is 1. The van der Waals surface area contributed by atoms with Crippen LogP contribution in [-0.2, 0) is 14.8 Å². The fourth-order valence-electron chi connectivity index (χ4n) is 3.13. The number of nitrogens with zero attached hydrogens (tertiary/aromatic N) is 1. The van der Waals surface area contributed by atoms with Gasteiger partial charge in [0.15, 0.2) is 0 Å². The van der Waals surface area contributed by atoms with Crippen LogP contribution in [0.4, 0.5) is 0 Å². The lowest BCUT2D eigenvalue weighted by Crippen LogP contribution is -2.45. The van der Waals surface area contributed by atoms with Crippen LogP contribution in [0.25, 0.3) is 0 Å². The molecule has 3 rings (SSSR count). The van der Waals surface area contributed by atoms with E-state index in [4.69, 9.17) is 0 Å². The average Bonchev–Trinajstić information content (AvgIpc) is 3.27. The molecule has 1 aliphatic carbocycles. The summed E-state index contributed by atoms with van der Waals surface area (Å²) in [6, 6.07) is 6.53. The van der Waals surface area contributed by atoms with Crippen molar-refractivity contribution < 1.29 is 18.0 Å². The van der Waals surface area contributed by atoms with Gasteiger partial charge in [-0.1, -0.05) is 6.07 Å². The van der Waals surface area contributed by atoms with Crippen molar-refractivity contribution in [2.75, 3.05) is 6.54 Å². The third-order valence-electron chi connectivity index (χ3n) is 4.76. The first-order valence-corrected chi connectivity index (χ1v) is 11.4. The van der Waals surface area contributed by atoms with E-state index < -0.39 is 15.9 Å². The smallest absolute Gasteiger partial charge is 0.271 e. The van der Waals surface area contributed by atoms with E-state index in [2.05, 4.69) is 20.6 Å². The number of carbonyl (C=O) groups excluding carboxylic acids is 2. The van der Waals surface area contributed by atoms with Crippen LogP contribution in [0.1, 0.15) is 36.0 Å². The molecule has 28 heavy (non-hydrogen) atoms. The van der Waals surface area contributed by atoms with E-state index in [-0.39, 0.29) is 17.7 Å². The minimum Gasteiger partial charge on any atom is -0.273 e. The van der Waals surface area contributed by atoms with Crippen molar-refractivity contribution in [1.29, 1.82) is 0 Å². The highest BCUT2D eigenvalue weighted by molar-refractivity contribution is 7.91. The van der Waals surface area contributed by atoms with Crippen LogP contribution in [0.15, 0.2) is 46.2 Å². The first-order valence-electron chi connectivity index (χ1n) is 8.99. The van der Waals surface area contributed by atoms with Gasteiger partial charge in [-0.05, 0) is 55.2 Å². The molecule has 2 heterocycles. The molecule has 0 radical (unpaired) electrons. The largest absolute Gasteiger partial charge is 0.273 e. The Morgan fingerprint density at radius 1 is 1.11 bits per heavy atom. The van der Waals surface area contributed by atoms with E-state index in [0.29, 0.717) is 29.2 Å². The molecule has 10 heteroatoms. The van der Waals surface area contributed by atoms with Gasteiger partial charge in [-0.25, -0.2) is 13.1 Å². The first-order chi connectivity index (χ1) is 13.5. The quantitative estimate of drug-likeness (QED) is 0.613. The van der Waals surface area contributed by atoms with Gasteiger partial charge in [-0.3, -0.25) is 25.4 Å². The summed E-state index contributed by atoms with van der Waals surface area (Å²) in [6.45, 7) is 0.367. The van der Waals surface area contributed by atoms with Crippen molar-refractivity contribution >= 4 is 33.2 Å². The number of aromatic nitrogens is 1. The minimum absolute atomic E-state index is 0.195. The van der Waals surface area contributed by atoms with Crippen LogP contribution in [0.5, 0.6) is 0 Å². The molecule has 0 spiro atoms. The fraction of sp³-hybridized carbons (Fsp3) is 0.389. The Hall–Kier alpha value is -2.30. The maximum atomic E-state index is 12.3. The number of hydrogen-bond acceptors (Lipinski definition) is 6. The Kier molecular flexibility index (Phi) is 6.76. The summed E-state index contributed by atoms with van der Waals surface area (Å²) in [4.78, 5) is 28.1. The molecule has 1 aliphatic rings. The molecule has 0 aromatic carbocycles. The molecule has 2 amide bonds. The number of rotatable bonds is 6. The normalized spacial score (nSPS) is 19.7. The van der Waals surface area contributed by atoms with Crippen LogP contribution >= 0.6 is 11.3 Å². The lowest BCUT2D eigenvalue weighted by Gasteiger charge is -2.27. The van der Waals surface area contributed by atoms with Crippen molar-refractivity contribution in [3.05, 3.63) is 47.6 Å². The highest BCUT2D eigenvalue weighted by Gasteiger charge is 2.27. The van der Waals surface area contributed by atoms with E-state index in [1.54, 1.807) is 35.8 Å². The highest BCUT2D eigenvalue weighted by Crippen LogP contribution is 2.29. The lowest BCUT2D eigenvalue weighted by atomic mass is 9.82. The zero-order valence-electron chi connectivity index (χ0n) is 15.1. The molecule has 2 aromatic rings. The van der Waals surface area contributed by atoms with E-state index >= 15 is 0 Å². The van der Waals surface area contributed by atoms with E-state index in [0.717, 1.165) is 12.8 Å². The van der Waals surface area contributed by atoms with Crippen molar-refractivity contribution in [3.63, 3.8) is 0 Å². The number of pyridine rings is 1. The summed E-state index contributed by atoms with van der Waals surface area (Å²) in [5.41, 5.74) is 5.23. The minimum atomic E-state index is -3.45. The van der Waals surface area contributed by atoms with Crippen LogP contribution in [0.3, 0.4) is 0 Å². The average molecular weight is 423 g/mol. The number of nitrogens with one attached hydrogen (secondary N) is 3. The molecule has 150 valence electrons. The third kappa shape index (κ3) is 5.37. The van der Waals surface area contributed by atoms with Gasteiger partial charge in [0.25, 0.3) is 5.91 Å². The molecule has 0 unspecified atom stereocenters.